The van der Waals surface area contributed by atoms with E-state index < -0.39 is 0 Å². The highest BCUT2D eigenvalue weighted by Crippen LogP contribution is 2.21. The van der Waals surface area contributed by atoms with Gasteiger partial charge in [0.15, 0.2) is 0 Å². The van der Waals surface area contributed by atoms with Crippen molar-refractivity contribution in [2.24, 2.45) is 0 Å². The molecule has 0 aromatic carbocycles. The molecular weight excluding hydrogens is 262 g/mol. The minimum Gasteiger partial charge on any atom is -0.465 e. The van der Waals surface area contributed by atoms with E-state index in [1.54, 1.807) is 30.4 Å². The summed E-state index contributed by atoms with van der Waals surface area (Å²) in [4.78, 5) is 20.0. The van der Waals surface area contributed by atoms with E-state index in [0.29, 0.717) is 12.6 Å². The molecule has 1 aromatic heterocycles. The number of thioether (sulfide) groups is 1. The van der Waals surface area contributed by atoms with Crippen LogP contribution in [0, 0.1) is 0 Å². The van der Waals surface area contributed by atoms with E-state index in [1.165, 1.54) is 0 Å². The molecule has 19 heavy (non-hydrogen) atoms. The normalized spacial score (nSPS) is 16.1. The predicted octanol–water partition coefficient (Wildman–Crippen LogP) is 1.64. The van der Waals surface area contributed by atoms with Crippen LogP contribution in [0.2, 0.25) is 0 Å². The first-order valence-electron chi connectivity index (χ1n) is 6.61. The molecule has 0 saturated heterocycles. The fourth-order valence-electron chi connectivity index (χ4n) is 1.69. The predicted molar refractivity (Wildman–Crippen MR) is 74.0 cm³/mol. The summed E-state index contributed by atoms with van der Waals surface area (Å²) in [5, 5.41) is 4.22. The van der Waals surface area contributed by atoms with Gasteiger partial charge in [-0.1, -0.05) is 0 Å². The Morgan fingerprint density at radius 1 is 1.58 bits per heavy atom. The summed E-state index contributed by atoms with van der Waals surface area (Å²) >= 11 is 1.61. The Hall–Kier alpha value is -1.14. The first-order chi connectivity index (χ1) is 9.29. The van der Waals surface area contributed by atoms with Gasteiger partial charge in [-0.25, -0.2) is 4.98 Å². The first kappa shape index (κ1) is 14.3. The molecule has 1 aliphatic carbocycles. The van der Waals surface area contributed by atoms with Crippen molar-refractivity contribution in [2.45, 2.75) is 43.3 Å². The Morgan fingerprint density at radius 2 is 2.42 bits per heavy atom. The van der Waals surface area contributed by atoms with Crippen LogP contribution in [-0.2, 0) is 9.53 Å². The van der Waals surface area contributed by atoms with Gasteiger partial charge in [0.1, 0.15) is 11.1 Å². The van der Waals surface area contributed by atoms with Gasteiger partial charge in [0.05, 0.1) is 12.8 Å². The van der Waals surface area contributed by atoms with Gasteiger partial charge >= 0.3 is 5.97 Å². The first-order valence-corrected chi connectivity index (χ1v) is 7.59. The van der Waals surface area contributed by atoms with Crippen LogP contribution in [0.4, 0.5) is 0 Å². The number of carbonyl (C=O) groups excluding carboxylic acids is 1. The lowest BCUT2D eigenvalue weighted by Gasteiger charge is -2.16. The molecule has 0 aliphatic heterocycles. The summed E-state index contributed by atoms with van der Waals surface area (Å²) in [5.41, 5.74) is 0. The Balaban J connectivity index is 1.76. The Labute approximate surface area is 117 Å². The highest BCUT2D eigenvalue weighted by molar-refractivity contribution is 7.99. The number of nitrogens with one attached hydrogen (secondary N) is 1. The number of rotatable bonds is 8. The summed E-state index contributed by atoms with van der Waals surface area (Å²) in [6.45, 7) is 2.26. The average molecular weight is 281 g/mol. The van der Waals surface area contributed by atoms with Crippen LogP contribution in [0.1, 0.15) is 26.2 Å². The van der Waals surface area contributed by atoms with Crippen LogP contribution < -0.4 is 5.32 Å². The van der Waals surface area contributed by atoms with Gasteiger partial charge in [0.25, 0.3) is 0 Å². The average Bonchev–Trinajstić information content (AvgIpc) is 3.23. The van der Waals surface area contributed by atoms with Crippen molar-refractivity contribution in [1.29, 1.82) is 0 Å². The molecule has 0 spiro atoms. The smallest absolute Gasteiger partial charge is 0.323 e. The van der Waals surface area contributed by atoms with E-state index in [0.717, 1.165) is 30.0 Å². The zero-order chi connectivity index (χ0) is 13.5. The van der Waals surface area contributed by atoms with Gasteiger partial charge in [-0.3, -0.25) is 9.78 Å². The van der Waals surface area contributed by atoms with Gasteiger partial charge in [-0.15, -0.1) is 11.8 Å². The van der Waals surface area contributed by atoms with E-state index in [2.05, 4.69) is 15.3 Å². The van der Waals surface area contributed by atoms with Crippen molar-refractivity contribution >= 4 is 17.7 Å². The monoisotopic (exact) mass is 281 g/mol. The number of nitrogens with zero attached hydrogens (tertiary/aromatic N) is 2. The van der Waals surface area contributed by atoms with Crippen molar-refractivity contribution < 1.29 is 9.53 Å². The van der Waals surface area contributed by atoms with Crippen LogP contribution in [0.3, 0.4) is 0 Å². The summed E-state index contributed by atoms with van der Waals surface area (Å²) in [7, 11) is 0. The number of ether oxygens (including phenoxy) is 1. The molecule has 1 heterocycles. The van der Waals surface area contributed by atoms with Crippen molar-refractivity contribution in [2.75, 3.05) is 12.4 Å². The molecule has 1 N–H and O–H groups in total. The molecule has 1 unspecified atom stereocenters. The van der Waals surface area contributed by atoms with E-state index in [4.69, 9.17) is 4.74 Å². The minimum atomic E-state index is -0.198. The third-order valence-electron chi connectivity index (χ3n) is 2.78. The number of hydrogen-bond acceptors (Lipinski definition) is 6. The van der Waals surface area contributed by atoms with Crippen molar-refractivity contribution in [3.05, 3.63) is 18.6 Å². The second-order valence-electron chi connectivity index (χ2n) is 4.43. The Bertz CT molecular complexity index is 398. The lowest BCUT2D eigenvalue weighted by Crippen LogP contribution is -2.39. The van der Waals surface area contributed by atoms with Crippen LogP contribution >= 0.6 is 11.8 Å². The minimum absolute atomic E-state index is 0.144. The molecule has 1 aromatic rings. The molecule has 0 amide bonds. The number of aromatic nitrogens is 2. The second-order valence-corrected chi connectivity index (χ2v) is 5.54. The van der Waals surface area contributed by atoms with Crippen LogP contribution in [0.25, 0.3) is 0 Å². The van der Waals surface area contributed by atoms with Gasteiger partial charge in [-0.05, 0) is 26.2 Å². The van der Waals surface area contributed by atoms with Crippen molar-refractivity contribution in [3.8, 4) is 0 Å². The zero-order valence-corrected chi connectivity index (χ0v) is 11.9. The van der Waals surface area contributed by atoms with Gasteiger partial charge in [-0.2, -0.15) is 0 Å². The molecule has 1 aliphatic rings. The zero-order valence-electron chi connectivity index (χ0n) is 11.0. The molecule has 0 bridgehead atoms. The fraction of sp³-hybridized carbons (Fsp3) is 0.615. The molecule has 1 fully saturated rings. The lowest BCUT2D eigenvalue weighted by molar-refractivity contribution is -0.145. The van der Waals surface area contributed by atoms with E-state index >= 15 is 0 Å². The highest BCUT2D eigenvalue weighted by Gasteiger charge is 2.28. The lowest BCUT2D eigenvalue weighted by atomic mass is 10.2. The highest BCUT2D eigenvalue weighted by atomic mass is 32.2. The van der Waals surface area contributed by atoms with E-state index in [9.17, 15) is 4.79 Å². The van der Waals surface area contributed by atoms with Crippen LogP contribution in [-0.4, -0.2) is 40.4 Å². The number of hydrogen-bond donors (Lipinski definition) is 1. The number of carbonyl (C=O) groups is 1. The molecule has 0 radical (unpaired) electrons. The SMILES string of the molecule is CCOC(=O)C(CCSc1cnccn1)NC1CC1. The van der Waals surface area contributed by atoms with Crippen molar-refractivity contribution in [1.82, 2.24) is 15.3 Å². The number of esters is 1. The quantitative estimate of drug-likeness (QED) is 0.577. The molecule has 1 atom stereocenters. The van der Waals surface area contributed by atoms with Gasteiger partial charge in [0.2, 0.25) is 0 Å². The molecular formula is C13H19N3O2S. The van der Waals surface area contributed by atoms with E-state index in [1.807, 2.05) is 6.92 Å². The summed E-state index contributed by atoms with van der Waals surface area (Å²) in [6.07, 6.45) is 8.13. The summed E-state index contributed by atoms with van der Waals surface area (Å²) in [6, 6.07) is 0.299. The molecule has 2 rings (SSSR count). The van der Waals surface area contributed by atoms with Crippen LogP contribution in [0.15, 0.2) is 23.6 Å². The maximum atomic E-state index is 11.8. The molecule has 5 nitrogen and oxygen atoms in total. The van der Waals surface area contributed by atoms with E-state index in [-0.39, 0.29) is 12.0 Å². The Morgan fingerprint density at radius 3 is 3.05 bits per heavy atom. The molecule has 1 saturated carbocycles. The summed E-state index contributed by atoms with van der Waals surface area (Å²) < 4.78 is 5.10. The molecule has 6 heteroatoms. The third kappa shape index (κ3) is 5.16. The standard InChI is InChI=1S/C13H19N3O2S/c1-2-18-13(17)11(16-10-3-4-10)5-8-19-12-9-14-6-7-15-12/h6-7,9-11,16H,2-5,8H2,1H3. The second kappa shape index (κ2) is 7.45. The Kier molecular flexibility index (Phi) is 5.60. The third-order valence-corrected chi connectivity index (χ3v) is 3.73. The van der Waals surface area contributed by atoms with Gasteiger partial charge in [0, 0.05) is 24.2 Å². The maximum Gasteiger partial charge on any atom is 0.323 e. The fourth-order valence-corrected chi connectivity index (χ4v) is 2.52. The largest absolute Gasteiger partial charge is 0.465 e. The molecule has 104 valence electrons. The topological polar surface area (TPSA) is 64.1 Å². The summed E-state index contributed by atoms with van der Waals surface area (Å²) in [5.74, 6) is 0.677. The van der Waals surface area contributed by atoms with Crippen molar-refractivity contribution in [3.63, 3.8) is 0 Å². The van der Waals surface area contributed by atoms with Gasteiger partial charge < -0.3 is 10.1 Å². The maximum absolute atomic E-state index is 11.8. The van der Waals surface area contributed by atoms with Crippen LogP contribution in [0.5, 0.6) is 0 Å².